The number of hydrogen-bond acceptors (Lipinski definition) is 4. The largest absolute Gasteiger partial charge is 0.493 e. The van der Waals surface area contributed by atoms with Gasteiger partial charge >= 0.3 is 5.97 Å². The molecule has 0 amide bonds. The number of rotatable bonds is 6. The smallest absolute Gasteiger partial charge is 0.304 e. The Morgan fingerprint density at radius 1 is 1.45 bits per heavy atom. The minimum absolute atomic E-state index is 0.146. The van der Waals surface area contributed by atoms with E-state index >= 15 is 0 Å². The maximum Gasteiger partial charge on any atom is 0.304 e. The van der Waals surface area contributed by atoms with Crippen LogP contribution in [0.1, 0.15) is 37.7 Å². The van der Waals surface area contributed by atoms with Gasteiger partial charge in [-0.15, -0.1) is 0 Å². The molecular formula is C17H23NO4. The molecule has 5 heteroatoms. The number of nitrogens with one attached hydrogen (secondary N) is 1. The lowest BCUT2D eigenvalue weighted by atomic mass is 9.91. The quantitative estimate of drug-likeness (QED) is 0.844. The molecule has 2 N–H and O–H groups in total. The van der Waals surface area contributed by atoms with Crippen LogP contribution in [0.25, 0.3) is 0 Å². The Morgan fingerprint density at radius 3 is 2.86 bits per heavy atom. The maximum absolute atomic E-state index is 11.1. The number of methoxy groups -OCH3 is 1. The van der Waals surface area contributed by atoms with Crippen LogP contribution in [-0.2, 0) is 10.2 Å². The molecule has 2 aliphatic rings. The highest BCUT2D eigenvalue weighted by atomic mass is 16.5. The monoisotopic (exact) mass is 305 g/mol. The molecule has 1 unspecified atom stereocenters. The lowest BCUT2D eigenvalue weighted by molar-refractivity contribution is -0.137. The number of carboxylic acids is 1. The number of carbonyl (C=O) groups is 1. The summed E-state index contributed by atoms with van der Waals surface area (Å²) in [5, 5.41) is 12.5. The second-order valence-corrected chi connectivity index (χ2v) is 6.27. The molecule has 5 nitrogen and oxygen atoms in total. The fraction of sp³-hybridized carbons (Fsp3) is 0.588. The fourth-order valence-corrected chi connectivity index (χ4v) is 3.32. The van der Waals surface area contributed by atoms with Crippen LogP contribution < -0.4 is 14.8 Å². The number of piperidine rings is 1. The number of ether oxygens (including phenoxy) is 2. The minimum Gasteiger partial charge on any atom is -0.493 e. The van der Waals surface area contributed by atoms with Crippen molar-refractivity contribution >= 4 is 5.97 Å². The summed E-state index contributed by atoms with van der Waals surface area (Å²) in [7, 11) is 1.63. The van der Waals surface area contributed by atoms with E-state index in [1.807, 2.05) is 18.2 Å². The lowest BCUT2D eigenvalue weighted by Crippen LogP contribution is -2.37. The summed E-state index contributed by atoms with van der Waals surface area (Å²) in [5.41, 5.74) is 0.695. The Bertz CT molecular complexity index is 548. The van der Waals surface area contributed by atoms with Crippen LogP contribution in [0.4, 0.5) is 0 Å². The van der Waals surface area contributed by atoms with E-state index in [0.717, 1.165) is 50.1 Å². The van der Waals surface area contributed by atoms with Crippen molar-refractivity contribution in [3.8, 4) is 11.5 Å². The molecule has 1 saturated heterocycles. The van der Waals surface area contributed by atoms with E-state index in [1.54, 1.807) is 7.11 Å². The number of benzene rings is 1. The van der Waals surface area contributed by atoms with Gasteiger partial charge in [0.2, 0.25) is 0 Å². The molecule has 1 aliphatic carbocycles. The Kier molecular flexibility index (Phi) is 4.25. The fourth-order valence-electron chi connectivity index (χ4n) is 3.32. The van der Waals surface area contributed by atoms with Crippen molar-refractivity contribution in [3.63, 3.8) is 0 Å². The third kappa shape index (κ3) is 3.04. The molecule has 1 aromatic carbocycles. The second kappa shape index (κ2) is 6.16. The van der Waals surface area contributed by atoms with Crippen LogP contribution in [-0.4, -0.2) is 37.4 Å². The molecule has 0 spiro atoms. The molecule has 1 aliphatic heterocycles. The third-order valence-electron chi connectivity index (χ3n) is 4.64. The van der Waals surface area contributed by atoms with E-state index in [2.05, 4.69) is 5.32 Å². The summed E-state index contributed by atoms with van der Waals surface area (Å²) >= 11 is 0. The van der Waals surface area contributed by atoms with Gasteiger partial charge in [0.15, 0.2) is 11.5 Å². The van der Waals surface area contributed by atoms with Crippen molar-refractivity contribution in [2.24, 2.45) is 0 Å². The number of aliphatic carboxylic acids is 1. The first kappa shape index (κ1) is 15.2. The molecule has 120 valence electrons. The van der Waals surface area contributed by atoms with Crippen LogP contribution in [0.3, 0.4) is 0 Å². The van der Waals surface area contributed by atoms with Crippen molar-refractivity contribution in [2.45, 2.75) is 43.6 Å². The van der Waals surface area contributed by atoms with E-state index < -0.39 is 5.97 Å². The van der Waals surface area contributed by atoms with Crippen LogP contribution in [0.5, 0.6) is 11.5 Å². The van der Waals surface area contributed by atoms with Crippen LogP contribution in [0.2, 0.25) is 0 Å². The summed E-state index contributed by atoms with van der Waals surface area (Å²) in [6.07, 6.45) is 4.22. The van der Waals surface area contributed by atoms with Crippen molar-refractivity contribution < 1.29 is 19.4 Å². The van der Waals surface area contributed by atoms with E-state index in [1.165, 1.54) is 0 Å². The zero-order valence-electron chi connectivity index (χ0n) is 12.9. The van der Waals surface area contributed by atoms with Gasteiger partial charge in [0, 0.05) is 17.5 Å². The van der Waals surface area contributed by atoms with Gasteiger partial charge in [-0.25, -0.2) is 0 Å². The van der Waals surface area contributed by atoms with Crippen molar-refractivity contribution in [3.05, 3.63) is 23.8 Å². The van der Waals surface area contributed by atoms with E-state index in [9.17, 15) is 4.79 Å². The third-order valence-corrected chi connectivity index (χ3v) is 4.64. The normalized spacial score (nSPS) is 22.9. The standard InChI is InChI=1S/C17H23NO4/c1-21-16-13(17(7-8-17)10-15(19)20)5-2-6-14(16)22-12-4-3-9-18-11-12/h2,5-6,12,18H,3-4,7-11H2,1H3,(H,19,20). The first-order valence-corrected chi connectivity index (χ1v) is 7.91. The van der Waals surface area contributed by atoms with E-state index in [4.69, 9.17) is 14.6 Å². The molecule has 22 heavy (non-hydrogen) atoms. The van der Waals surface area contributed by atoms with E-state index in [-0.39, 0.29) is 17.9 Å². The molecule has 0 bridgehead atoms. The summed E-state index contributed by atoms with van der Waals surface area (Å²) in [6, 6.07) is 5.82. The number of para-hydroxylation sites is 1. The van der Waals surface area contributed by atoms with Crippen LogP contribution in [0, 0.1) is 0 Å². The van der Waals surface area contributed by atoms with Crippen molar-refractivity contribution in [1.29, 1.82) is 0 Å². The summed E-state index contributed by atoms with van der Waals surface area (Å²) in [4.78, 5) is 11.1. The zero-order chi connectivity index (χ0) is 15.6. The average molecular weight is 305 g/mol. The SMILES string of the molecule is COc1c(OC2CCCNC2)cccc1C1(CC(=O)O)CC1. The Balaban J connectivity index is 1.85. The molecule has 1 atom stereocenters. The molecule has 1 heterocycles. The summed E-state index contributed by atoms with van der Waals surface area (Å²) in [6.45, 7) is 1.88. The van der Waals surface area contributed by atoms with Gasteiger partial charge in [0.05, 0.1) is 13.5 Å². The number of carboxylic acid groups (broad SMARTS) is 1. The molecule has 0 radical (unpaired) electrons. The average Bonchev–Trinajstić information content (AvgIpc) is 3.28. The number of hydrogen-bond donors (Lipinski definition) is 2. The van der Waals surface area contributed by atoms with Gasteiger partial charge in [-0.2, -0.15) is 0 Å². The highest BCUT2D eigenvalue weighted by Gasteiger charge is 2.48. The highest BCUT2D eigenvalue weighted by Crippen LogP contribution is 2.55. The maximum atomic E-state index is 11.1. The van der Waals surface area contributed by atoms with Crippen molar-refractivity contribution in [2.75, 3.05) is 20.2 Å². The first-order valence-electron chi connectivity index (χ1n) is 7.91. The predicted octanol–water partition coefficient (Wildman–Crippen LogP) is 2.33. The highest BCUT2D eigenvalue weighted by molar-refractivity contribution is 5.71. The molecule has 2 fully saturated rings. The summed E-state index contributed by atoms with van der Waals surface area (Å²) in [5.74, 6) is 0.666. The Labute approximate surface area is 130 Å². The van der Waals surface area contributed by atoms with Gasteiger partial charge < -0.3 is 19.9 Å². The second-order valence-electron chi connectivity index (χ2n) is 6.27. The van der Waals surface area contributed by atoms with E-state index in [0.29, 0.717) is 5.75 Å². The molecule has 3 rings (SSSR count). The minimum atomic E-state index is -0.762. The van der Waals surface area contributed by atoms with Gasteiger partial charge in [0.25, 0.3) is 0 Å². The Morgan fingerprint density at radius 2 is 2.27 bits per heavy atom. The van der Waals surface area contributed by atoms with Crippen molar-refractivity contribution in [1.82, 2.24) is 5.32 Å². The molecule has 1 saturated carbocycles. The van der Waals surface area contributed by atoms with Gasteiger partial charge in [-0.1, -0.05) is 12.1 Å². The molecular weight excluding hydrogens is 282 g/mol. The lowest BCUT2D eigenvalue weighted by Gasteiger charge is -2.26. The topological polar surface area (TPSA) is 67.8 Å². The van der Waals surface area contributed by atoms with Gasteiger partial charge in [-0.3, -0.25) is 4.79 Å². The molecule has 0 aromatic heterocycles. The van der Waals surface area contributed by atoms with Crippen LogP contribution >= 0.6 is 0 Å². The van der Waals surface area contributed by atoms with Crippen LogP contribution in [0.15, 0.2) is 18.2 Å². The molecule has 1 aromatic rings. The Hall–Kier alpha value is -1.75. The summed E-state index contributed by atoms with van der Waals surface area (Å²) < 4.78 is 11.7. The zero-order valence-corrected chi connectivity index (χ0v) is 12.9. The van der Waals surface area contributed by atoms with Gasteiger partial charge in [-0.05, 0) is 38.3 Å². The van der Waals surface area contributed by atoms with Gasteiger partial charge in [0.1, 0.15) is 6.10 Å². The predicted molar refractivity (Wildman–Crippen MR) is 82.7 cm³/mol. The first-order chi connectivity index (χ1) is 10.6.